The zero-order chi connectivity index (χ0) is 11.7. The van der Waals surface area contributed by atoms with Crippen LogP contribution in [0.15, 0.2) is 17.0 Å². The maximum absolute atomic E-state index is 5.62. The van der Waals surface area contributed by atoms with E-state index in [4.69, 9.17) is 9.47 Å². The van der Waals surface area contributed by atoms with Crippen molar-refractivity contribution in [2.75, 3.05) is 26.1 Å². The van der Waals surface area contributed by atoms with Gasteiger partial charge in [-0.3, -0.25) is 0 Å². The van der Waals surface area contributed by atoms with Crippen molar-refractivity contribution in [1.29, 1.82) is 0 Å². The van der Waals surface area contributed by atoms with Crippen LogP contribution in [0.4, 0.5) is 0 Å². The van der Waals surface area contributed by atoms with Crippen molar-refractivity contribution in [3.05, 3.63) is 17.7 Å². The maximum Gasteiger partial charge on any atom is 0.138 e. The molecule has 1 saturated heterocycles. The molecule has 2 aliphatic rings. The molecule has 17 heavy (non-hydrogen) atoms. The molecule has 1 N–H and O–H groups in total. The Labute approximate surface area is 106 Å². The van der Waals surface area contributed by atoms with Gasteiger partial charge in [-0.05, 0) is 44.0 Å². The lowest BCUT2D eigenvalue weighted by molar-refractivity contribution is 0.377. The molecule has 0 radical (unpaired) electrons. The highest BCUT2D eigenvalue weighted by molar-refractivity contribution is 7.99. The molecule has 1 aromatic carbocycles. The Kier molecular flexibility index (Phi) is 3.16. The average molecular weight is 251 g/mol. The van der Waals surface area contributed by atoms with Crippen LogP contribution in [0.3, 0.4) is 0 Å². The Hall–Kier alpha value is -0.870. The number of methoxy groups -OCH3 is 1. The highest BCUT2D eigenvalue weighted by Gasteiger charge is 2.23. The second-order valence-corrected chi connectivity index (χ2v) is 5.44. The first kappa shape index (κ1) is 11.2. The number of rotatable bonds is 2. The maximum atomic E-state index is 5.62. The standard InChI is InChI=1S/C13H17NO2S/c1-15-11-7-13-12(16-8-17-13)6-10(11)9-2-4-14-5-3-9/h6-7,9,14H,2-5,8H2,1H3. The van der Waals surface area contributed by atoms with Crippen LogP contribution in [0.1, 0.15) is 24.3 Å². The summed E-state index contributed by atoms with van der Waals surface area (Å²) in [7, 11) is 1.76. The van der Waals surface area contributed by atoms with Gasteiger partial charge in [-0.1, -0.05) is 11.8 Å². The Morgan fingerprint density at radius 3 is 2.94 bits per heavy atom. The molecule has 0 bridgehead atoms. The van der Waals surface area contributed by atoms with E-state index in [0.717, 1.165) is 30.5 Å². The summed E-state index contributed by atoms with van der Waals surface area (Å²) in [6.07, 6.45) is 2.37. The van der Waals surface area contributed by atoms with Crippen molar-refractivity contribution >= 4 is 11.8 Å². The van der Waals surface area contributed by atoms with Crippen LogP contribution >= 0.6 is 11.8 Å². The number of nitrogens with one attached hydrogen (secondary N) is 1. The normalized spacial score (nSPS) is 19.8. The van der Waals surface area contributed by atoms with Crippen molar-refractivity contribution in [3.63, 3.8) is 0 Å². The summed E-state index contributed by atoms with van der Waals surface area (Å²) in [5.74, 6) is 3.39. The molecule has 3 nitrogen and oxygen atoms in total. The topological polar surface area (TPSA) is 30.5 Å². The predicted molar refractivity (Wildman–Crippen MR) is 69.2 cm³/mol. The fourth-order valence-corrected chi connectivity index (χ4v) is 3.33. The van der Waals surface area contributed by atoms with Gasteiger partial charge in [0.05, 0.1) is 12.0 Å². The SMILES string of the molecule is COc1cc2c(cc1C1CCNCC1)OCS2. The number of ether oxygens (including phenoxy) is 2. The number of benzene rings is 1. The number of fused-ring (bicyclic) bond motifs is 1. The number of hydrogen-bond acceptors (Lipinski definition) is 4. The van der Waals surface area contributed by atoms with Crippen LogP contribution in [0.5, 0.6) is 11.5 Å². The lowest BCUT2D eigenvalue weighted by Crippen LogP contribution is -2.26. The van der Waals surface area contributed by atoms with Crippen molar-refractivity contribution in [1.82, 2.24) is 5.32 Å². The summed E-state index contributed by atoms with van der Waals surface area (Å²) >= 11 is 1.74. The van der Waals surface area contributed by atoms with Crippen molar-refractivity contribution in [3.8, 4) is 11.5 Å². The van der Waals surface area contributed by atoms with Gasteiger partial charge in [0.2, 0.25) is 0 Å². The first-order chi connectivity index (χ1) is 8.38. The zero-order valence-corrected chi connectivity index (χ0v) is 10.8. The summed E-state index contributed by atoms with van der Waals surface area (Å²) in [4.78, 5) is 1.21. The van der Waals surface area contributed by atoms with E-state index >= 15 is 0 Å². The first-order valence-corrected chi connectivity index (χ1v) is 7.05. The molecule has 2 aliphatic heterocycles. The molecule has 1 aromatic rings. The average Bonchev–Trinajstić information content (AvgIpc) is 2.85. The third kappa shape index (κ3) is 2.11. The molecule has 0 saturated carbocycles. The minimum atomic E-state index is 0.602. The van der Waals surface area contributed by atoms with E-state index in [1.54, 1.807) is 18.9 Å². The number of piperidine rings is 1. The molecule has 92 valence electrons. The predicted octanol–water partition coefficient (Wildman–Crippen LogP) is 2.60. The Balaban J connectivity index is 1.96. The van der Waals surface area contributed by atoms with Crippen LogP contribution in [-0.4, -0.2) is 26.1 Å². The van der Waals surface area contributed by atoms with Crippen molar-refractivity contribution < 1.29 is 9.47 Å². The lowest BCUT2D eigenvalue weighted by atomic mass is 9.89. The third-order valence-corrected chi connectivity index (χ3v) is 4.37. The Morgan fingerprint density at radius 1 is 1.35 bits per heavy atom. The third-order valence-electron chi connectivity index (χ3n) is 3.50. The summed E-state index contributed by atoms with van der Waals surface area (Å²) in [5, 5.41) is 3.40. The van der Waals surface area contributed by atoms with Crippen LogP contribution < -0.4 is 14.8 Å². The van der Waals surface area contributed by atoms with Gasteiger partial charge in [-0.2, -0.15) is 0 Å². The smallest absolute Gasteiger partial charge is 0.138 e. The minimum absolute atomic E-state index is 0.602. The van der Waals surface area contributed by atoms with E-state index in [1.165, 1.54) is 23.3 Å². The molecule has 1 fully saturated rings. The number of thioether (sulfide) groups is 1. The molecule has 0 aliphatic carbocycles. The minimum Gasteiger partial charge on any atom is -0.496 e. The first-order valence-electron chi connectivity index (χ1n) is 6.06. The van der Waals surface area contributed by atoms with Crippen molar-refractivity contribution in [2.24, 2.45) is 0 Å². The fourth-order valence-electron chi connectivity index (χ4n) is 2.57. The molecule has 0 atom stereocenters. The molecule has 3 rings (SSSR count). The highest BCUT2D eigenvalue weighted by atomic mass is 32.2. The quantitative estimate of drug-likeness (QED) is 0.875. The van der Waals surface area contributed by atoms with E-state index in [0.29, 0.717) is 5.92 Å². The van der Waals surface area contributed by atoms with Gasteiger partial charge in [0.15, 0.2) is 0 Å². The second-order valence-electron chi connectivity index (χ2n) is 4.47. The summed E-state index contributed by atoms with van der Waals surface area (Å²) in [6, 6.07) is 4.31. The second kappa shape index (κ2) is 4.78. The summed E-state index contributed by atoms with van der Waals surface area (Å²) < 4.78 is 11.2. The summed E-state index contributed by atoms with van der Waals surface area (Å²) in [5.41, 5.74) is 1.32. The van der Waals surface area contributed by atoms with Gasteiger partial charge in [-0.15, -0.1) is 0 Å². The highest BCUT2D eigenvalue weighted by Crippen LogP contribution is 2.44. The fraction of sp³-hybridized carbons (Fsp3) is 0.538. The van der Waals surface area contributed by atoms with Gasteiger partial charge in [-0.25, -0.2) is 0 Å². The van der Waals surface area contributed by atoms with E-state index in [9.17, 15) is 0 Å². The number of hydrogen-bond donors (Lipinski definition) is 1. The van der Waals surface area contributed by atoms with Gasteiger partial charge >= 0.3 is 0 Å². The van der Waals surface area contributed by atoms with E-state index in [1.807, 2.05) is 0 Å². The lowest BCUT2D eigenvalue weighted by Gasteiger charge is -2.25. The van der Waals surface area contributed by atoms with Gasteiger partial charge < -0.3 is 14.8 Å². The van der Waals surface area contributed by atoms with Gasteiger partial charge in [0, 0.05) is 5.56 Å². The molecule has 0 aromatic heterocycles. The molecule has 0 unspecified atom stereocenters. The van der Waals surface area contributed by atoms with E-state index < -0.39 is 0 Å². The van der Waals surface area contributed by atoms with Gasteiger partial charge in [0.25, 0.3) is 0 Å². The largest absolute Gasteiger partial charge is 0.496 e. The van der Waals surface area contributed by atoms with Gasteiger partial charge in [0.1, 0.15) is 17.4 Å². The van der Waals surface area contributed by atoms with Crippen LogP contribution in [0, 0.1) is 0 Å². The van der Waals surface area contributed by atoms with E-state index in [2.05, 4.69) is 17.4 Å². The molecular weight excluding hydrogens is 234 g/mol. The Morgan fingerprint density at radius 2 is 2.18 bits per heavy atom. The van der Waals surface area contributed by atoms with Crippen molar-refractivity contribution in [2.45, 2.75) is 23.7 Å². The molecule has 4 heteroatoms. The monoisotopic (exact) mass is 251 g/mol. The molecule has 2 heterocycles. The van der Waals surface area contributed by atoms with E-state index in [-0.39, 0.29) is 0 Å². The Bertz CT molecular complexity index is 416. The van der Waals surface area contributed by atoms with Crippen LogP contribution in [0.2, 0.25) is 0 Å². The summed E-state index contributed by atoms with van der Waals surface area (Å²) in [6.45, 7) is 2.20. The molecule has 0 amide bonds. The molecular formula is C13H17NO2S. The van der Waals surface area contributed by atoms with Crippen LogP contribution in [-0.2, 0) is 0 Å². The molecule has 0 spiro atoms. The zero-order valence-electron chi connectivity index (χ0n) is 9.99. The van der Waals surface area contributed by atoms with Crippen LogP contribution in [0.25, 0.3) is 0 Å².